The fraction of sp³-hybridized carbons (Fsp3) is 0.462. The second-order valence-electron chi connectivity index (χ2n) is 4.48. The Morgan fingerprint density at radius 1 is 1.39 bits per heavy atom. The molecule has 0 radical (unpaired) electrons. The van der Waals surface area contributed by atoms with Gasteiger partial charge in [0.1, 0.15) is 0 Å². The van der Waals surface area contributed by atoms with Crippen molar-refractivity contribution >= 4 is 6.09 Å². The number of amides is 1. The molecule has 0 spiro atoms. The number of nitrogens with one attached hydrogen (secondary N) is 1. The summed E-state index contributed by atoms with van der Waals surface area (Å²) in [6.45, 7) is 0.993. The van der Waals surface area contributed by atoms with Crippen molar-refractivity contribution < 1.29 is 15.0 Å². The fourth-order valence-electron chi connectivity index (χ4n) is 2.42. The van der Waals surface area contributed by atoms with E-state index in [0.717, 1.165) is 5.56 Å². The second kappa shape index (κ2) is 5.84. The van der Waals surface area contributed by atoms with E-state index in [4.69, 9.17) is 0 Å². The molecule has 1 aromatic rings. The normalized spacial score (nSPS) is 23.9. The van der Waals surface area contributed by atoms with E-state index in [0.29, 0.717) is 19.5 Å². The molecule has 2 unspecified atom stereocenters. The average Bonchev–Trinajstić information content (AvgIpc) is 2.40. The summed E-state index contributed by atoms with van der Waals surface area (Å²) in [5.74, 6) is 0. The van der Waals surface area contributed by atoms with E-state index in [-0.39, 0.29) is 18.7 Å². The molecule has 0 saturated carbocycles. The molecular formula is C13H18N2O3. The van der Waals surface area contributed by atoms with Crippen molar-refractivity contribution in [2.75, 3.05) is 19.7 Å². The minimum atomic E-state index is -0.920. The first-order valence-corrected chi connectivity index (χ1v) is 6.10. The van der Waals surface area contributed by atoms with Crippen molar-refractivity contribution in [3.05, 3.63) is 35.9 Å². The molecule has 0 bridgehead atoms. The number of aliphatic hydroxyl groups is 1. The number of hydrogen-bond acceptors (Lipinski definition) is 3. The Morgan fingerprint density at radius 3 is 2.72 bits per heavy atom. The van der Waals surface area contributed by atoms with Crippen molar-refractivity contribution in [3.8, 4) is 0 Å². The Bertz CT molecular complexity index is 396. The Hall–Kier alpha value is -1.59. The zero-order chi connectivity index (χ0) is 13.0. The van der Waals surface area contributed by atoms with Gasteiger partial charge in [0.25, 0.3) is 0 Å². The van der Waals surface area contributed by atoms with Crippen LogP contribution in [0.3, 0.4) is 0 Å². The average molecular weight is 250 g/mol. The topological polar surface area (TPSA) is 72.8 Å². The van der Waals surface area contributed by atoms with Crippen LogP contribution >= 0.6 is 0 Å². The molecule has 3 N–H and O–H groups in total. The predicted octanol–water partition coefficient (Wildman–Crippen LogP) is 0.542. The Kier molecular flexibility index (Phi) is 4.17. The minimum absolute atomic E-state index is 0.0543. The quantitative estimate of drug-likeness (QED) is 0.732. The molecule has 5 nitrogen and oxygen atoms in total. The van der Waals surface area contributed by atoms with E-state index in [1.807, 2.05) is 30.3 Å². The summed E-state index contributed by atoms with van der Waals surface area (Å²) in [6.07, 6.45) is -0.304. The highest BCUT2D eigenvalue weighted by molar-refractivity contribution is 5.65. The van der Waals surface area contributed by atoms with Crippen molar-refractivity contribution in [1.29, 1.82) is 0 Å². The van der Waals surface area contributed by atoms with Crippen LogP contribution in [0.2, 0.25) is 0 Å². The highest BCUT2D eigenvalue weighted by atomic mass is 16.4. The summed E-state index contributed by atoms with van der Waals surface area (Å²) in [6, 6.07) is 9.33. The van der Waals surface area contributed by atoms with E-state index in [2.05, 4.69) is 5.32 Å². The van der Waals surface area contributed by atoms with Gasteiger partial charge in [0.2, 0.25) is 0 Å². The molecule has 1 fully saturated rings. The van der Waals surface area contributed by atoms with Crippen LogP contribution in [0.1, 0.15) is 5.56 Å². The lowest BCUT2D eigenvalue weighted by atomic mass is 9.96. The van der Waals surface area contributed by atoms with Gasteiger partial charge >= 0.3 is 6.09 Å². The zero-order valence-electron chi connectivity index (χ0n) is 10.1. The number of hydrogen-bond donors (Lipinski definition) is 3. The molecule has 98 valence electrons. The Balaban J connectivity index is 2.15. The summed E-state index contributed by atoms with van der Waals surface area (Å²) in [4.78, 5) is 12.7. The van der Waals surface area contributed by atoms with Crippen LogP contribution in [0.4, 0.5) is 4.79 Å². The third kappa shape index (κ3) is 2.80. The smallest absolute Gasteiger partial charge is 0.407 e. The van der Waals surface area contributed by atoms with Crippen molar-refractivity contribution in [2.24, 2.45) is 0 Å². The van der Waals surface area contributed by atoms with E-state index < -0.39 is 6.09 Å². The fourth-order valence-corrected chi connectivity index (χ4v) is 2.42. The molecule has 18 heavy (non-hydrogen) atoms. The van der Waals surface area contributed by atoms with E-state index in [9.17, 15) is 15.0 Å². The lowest BCUT2D eigenvalue weighted by molar-refractivity contribution is 0.0748. The molecule has 1 saturated heterocycles. The molecular weight excluding hydrogens is 232 g/mol. The van der Waals surface area contributed by atoms with Gasteiger partial charge in [0, 0.05) is 13.1 Å². The van der Waals surface area contributed by atoms with E-state index in [1.165, 1.54) is 4.90 Å². The SMILES string of the molecule is O=C(O)N1CCNC(CO)C1Cc1ccccc1. The van der Waals surface area contributed by atoms with Gasteiger partial charge in [-0.15, -0.1) is 0 Å². The Labute approximate surface area is 106 Å². The van der Waals surface area contributed by atoms with Gasteiger partial charge in [-0.05, 0) is 12.0 Å². The first-order chi connectivity index (χ1) is 8.72. The van der Waals surface area contributed by atoms with Crippen molar-refractivity contribution in [3.63, 3.8) is 0 Å². The molecule has 1 aliphatic rings. The van der Waals surface area contributed by atoms with Crippen LogP contribution in [0, 0.1) is 0 Å². The lowest BCUT2D eigenvalue weighted by Gasteiger charge is -2.39. The highest BCUT2D eigenvalue weighted by Gasteiger charge is 2.33. The number of nitrogens with zero attached hydrogens (tertiary/aromatic N) is 1. The molecule has 0 aromatic heterocycles. The number of carboxylic acid groups (broad SMARTS) is 1. The summed E-state index contributed by atoms with van der Waals surface area (Å²) in [5.41, 5.74) is 1.08. The molecule has 2 atom stereocenters. The summed E-state index contributed by atoms with van der Waals surface area (Å²) in [7, 11) is 0. The van der Waals surface area contributed by atoms with Crippen LogP contribution < -0.4 is 5.32 Å². The molecule has 0 aliphatic carbocycles. The molecule has 2 rings (SSSR count). The van der Waals surface area contributed by atoms with Gasteiger partial charge in [0.15, 0.2) is 0 Å². The molecule has 1 aliphatic heterocycles. The number of benzene rings is 1. The summed E-state index contributed by atoms with van der Waals surface area (Å²) >= 11 is 0. The number of rotatable bonds is 3. The minimum Gasteiger partial charge on any atom is -0.465 e. The van der Waals surface area contributed by atoms with Crippen molar-refractivity contribution in [2.45, 2.75) is 18.5 Å². The number of aliphatic hydroxyl groups excluding tert-OH is 1. The Morgan fingerprint density at radius 2 is 2.11 bits per heavy atom. The largest absolute Gasteiger partial charge is 0.465 e. The van der Waals surface area contributed by atoms with Crippen LogP contribution in [0.5, 0.6) is 0 Å². The van der Waals surface area contributed by atoms with Gasteiger partial charge < -0.3 is 20.4 Å². The van der Waals surface area contributed by atoms with Crippen LogP contribution in [0.25, 0.3) is 0 Å². The van der Waals surface area contributed by atoms with Gasteiger partial charge in [0.05, 0.1) is 18.7 Å². The number of carbonyl (C=O) groups is 1. The van der Waals surface area contributed by atoms with Crippen LogP contribution in [-0.4, -0.2) is 53.0 Å². The van der Waals surface area contributed by atoms with Crippen LogP contribution in [-0.2, 0) is 6.42 Å². The third-order valence-electron chi connectivity index (χ3n) is 3.35. The van der Waals surface area contributed by atoms with E-state index >= 15 is 0 Å². The van der Waals surface area contributed by atoms with Gasteiger partial charge in [-0.2, -0.15) is 0 Å². The first-order valence-electron chi connectivity index (χ1n) is 6.10. The van der Waals surface area contributed by atoms with Gasteiger partial charge in [-0.3, -0.25) is 0 Å². The molecule has 1 amide bonds. The number of piperazine rings is 1. The maximum atomic E-state index is 11.2. The molecule has 1 heterocycles. The maximum absolute atomic E-state index is 11.2. The van der Waals surface area contributed by atoms with Crippen LogP contribution in [0.15, 0.2) is 30.3 Å². The third-order valence-corrected chi connectivity index (χ3v) is 3.35. The van der Waals surface area contributed by atoms with Crippen molar-refractivity contribution in [1.82, 2.24) is 10.2 Å². The predicted molar refractivity (Wildman–Crippen MR) is 67.5 cm³/mol. The zero-order valence-corrected chi connectivity index (χ0v) is 10.1. The monoisotopic (exact) mass is 250 g/mol. The van der Waals surface area contributed by atoms with Gasteiger partial charge in [-0.1, -0.05) is 30.3 Å². The maximum Gasteiger partial charge on any atom is 0.407 e. The summed E-state index contributed by atoms with van der Waals surface area (Å²) < 4.78 is 0. The van der Waals surface area contributed by atoms with E-state index in [1.54, 1.807) is 0 Å². The lowest BCUT2D eigenvalue weighted by Crippen LogP contribution is -2.61. The standard InChI is InChI=1S/C13H18N2O3/c16-9-11-12(8-10-4-2-1-3-5-10)15(13(17)18)7-6-14-11/h1-5,11-12,14,16H,6-9H2,(H,17,18). The van der Waals surface area contributed by atoms with Gasteiger partial charge in [-0.25, -0.2) is 4.79 Å². The summed E-state index contributed by atoms with van der Waals surface area (Å²) in [5, 5.41) is 21.7. The second-order valence-corrected chi connectivity index (χ2v) is 4.48. The molecule has 5 heteroatoms. The molecule has 1 aromatic carbocycles. The highest BCUT2D eigenvalue weighted by Crippen LogP contribution is 2.15. The first kappa shape index (κ1) is 12.9.